The molecule has 0 radical (unpaired) electrons. The molecule has 0 saturated carbocycles. The predicted octanol–water partition coefficient (Wildman–Crippen LogP) is 5.23. The van der Waals surface area contributed by atoms with E-state index in [2.05, 4.69) is 32.9 Å². The molecule has 4 heteroatoms. The third-order valence-electron chi connectivity index (χ3n) is 5.37. The van der Waals surface area contributed by atoms with Gasteiger partial charge in [0, 0.05) is 5.92 Å². The van der Waals surface area contributed by atoms with Crippen LogP contribution in [-0.4, -0.2) is 16.4 Å². The number of aliphatic hydroxyl groups is 1. The van der Waals surface area contributed by atoms with Gasteiger partial charge < -0.3 is 5.11 Å². The summed E-state index contributed by atoms with van der Waals surface area (Å²) in [7, 11) is 0. The van der Waals surface area contributed by atoms with E-state index < -0.39 is 11.5 Å². The smallest absolute Gasteiger partial charge is 0.198 e. The summed E-state index contributed by atoms with van der Waals surface area (Å²) < 4.78 is 0. The molecule has 0 aromatic rings. The molecule has 0 amide bonds. The number of hydrogen-bond donors (Lipinski definition) is 2. The zero-order chi connectivity index (χ0) is 20.1. The van der Waals surface area contributed by atoms with E-state index in [1.165, 1.54) is 11.1 Å². The average Bonchev–Trinajstić information content (AvgIpc) is 2.56. The summed E-state index contributed by atoms with van der Waals surface area (Å²) in [5.74, 6) is -0.425. The molecule has 0 aromatic carbocycles. The van der Waals surface area contributed by atoms with E-state index in [9.17, 15) is 15.6 Å². The van der Waals surface area contributed by atoms with Crippen LogP contribution in [0, 0.1) is 39.4 Å². The normalized spacial score (nSPS) is 24.1. The number of nitrogens with zero attached hydrogens (tertiary/aromatic N) is 2. The minimum absolute atomic E-state index is 0.148. The predicted molar refractivity (Wildman–Crippen MR) is 106 cm³/mol. The van der Waals surface area contributed by atoms with Crippen LogP contribution in [0.25, 0.3) is 0 Å². The highest BCUT2D eigenvalue weighted by atomic mass is 16.3. The van der Waals surface area contributed by atoms with Gasteiger partial charge in [-0.05, 0) is 58.8 Å². The fourth-order valence-electron chi connectivity index (χ4n) is 3.53. The lowest BCUT2D eigenvalue weighted by Gasteiger charge is -2.44. The Balaban J connectivity index is 3.06. The van der Waals surface area contributed by atoms with Crippen LogP contribution in [0.15, 0.2) is 34.4 Å². The van der Waals surface area contributed by atoms with Gasteiger partial charge in [-0.2, -0.15) is 10.5 Å². The van der Waals surface area contributed by atoms with Gasteiger partial charge in [-0.3, -0.25) is 5.41 Å². The van der Waals surface area contributed by atoms with Gasteiger partial charge >= 0.3 is 0 Å². The van der Waals surface area contributed by atoms with E-state index in [-0.39, 0.29) is 16.7 Å². The third-order valence-corrected chi connectivity index (χ3v) is 5.37. The molecule has 0 aromatic heterocycles. The van der Waals surface area contributed by atoms with Gasteiger partial charge in [0.2, 0.25) is 0 Å². The van der Waals surface area contributed by atoms with Crippen molar-refractivity contribution in [2.45, 2.75) is 72.8 Å². The van der Waals surface area contributed by atoms with E-state index in [1.54, 1.807) is 0 Å². The van der Waals surface area contributed by atoms with Crippen LogP contribution in [0.1, 0.15) is 67.2 Å². The molecule has 0 fully saturated rings. The van der Waals surface area contributed by atoms with Crippen LogP contribution < -0.4 is 0 Å². The van der Waals surface area contributed by atoms with Crippen molar-refractivity contribution in [1.29, 1.82) is 15.9 Å². The maximum Gasteiger partial charge on any atom is 0.198 e. The highest BCUT2D eigenvalue weighted by Gasteiger charge is 2.52. The monoisotopic (exact) mass is 353 g/mol. The second-order valence-electron chi connectivity index (χ2n) is 8.34. The zero-order valence-electron chi connectivity index (χ0n) is 16.9. The molecule has 4 nitrogen and oxygen atoms in total. The van der Waals surface area contributed by atoms with E-state index >= 15 is 0 Å². The van der Waals surface area contributed by atoms with Crippen LogP contribution in [0.2, 0.25) is 0 Å². The van der Waals surface area contributed by atoms with E-state index in [0.717, 1.165) is 18.4 Å². The molecular formula is C22H31N3O. The Morgan fingerprint density at radius 2 is 1.92 bits per heavy atom. The molecule has 1 aliphatic rings. The fourth-order valence-corrected chi connectivity index (χ4v) is 3.53. The average molecular weight is 354 g/mol. The summed E-state index contributed by atoms with van der Waals surface area (Å²) in [6.07, 6.45) is 7.56. The van der Waals surface area contributed by atoms with Crippen LogP contribution in [0.5, 0.6) is 0 Å². The zero-order valence-corrected chi connectivity index (χ0v) is 16.9. The Morgan fingerprint density at radius 1 is 1.31 bits per heavy atom. The fraction of sp³-hybridized carbons (Fsp3) is 0.591. The lowest BCUT2D eigenvalue weighted by molar-refractivity contribution is 0.0256. The SMILES string of the molecule is CC(C)=CCC/C(C)=C\CC(C)(C)C1CC(C)=C(C#N)C(=N)C1(O)C#N. The highest BCUT2D eigenvalue weighted by molar-refractivity contribution is 6.10. The maximum absolute atomic E-state index is 10.9. The minimum Gasteiger partial charge on any atom is -0.370 e. The Hall–Kier alpha value is -2.17. The molecule has 2 N–H and O–H groups in total. The second kappa shape index (κ2) is 8.47. The molecule has 1 rings (SSSR count). The van der Waals surface area contributed by atoms with Crippen molar-refractivity contribution in [3.8, 4) is 12.1 Å². The molecule has 0 saturated heterocycles. The Bertz CT molecular complexity index is 736. The van der Waals surface area contributed by atoms with Crippen LogP contribution >= 0.6 is 0 Å². The van der Waals surface area contributed by atoms with Crippen molar-refractivity contribution in [3.05, 3.63) is 34.4 Å². The van der Waals surface area contributed by atoms with Crippen molar-refractivity contribution in [1.82, 2.24) is 0 Å². The molecule has 0 bridgehead atoms. The van der Waals surface area contributed by atoms with Crippen molar-refractivity contribution in [3.63, 3.8) is 0 Å². The molecule has 0 aliphatic heterocycles. The standard InChI is InChI=1S/C22H31N3O/c1-15(2)8-7-9-16(3)10-11-21(5,6)19-12-17(4)18(13-23)20(25)22(19,26)14-24/h8,10,19,25-26H,7,9,11-12H2,1-6H3/b16-10-,25-20?. The lowest BCUT2D eigenvalue weighted by atomic mass is 9.60. The first-order valence-electron chi connectivity index (χ1n) is 9.11. The van der Waals surface area contributed by atoms with Gasteiger partial charge in [0.1, 0.15) is 12.1 Å². The number of hydrogen-bond acceptors (Lipinski definition) is 4. The number of nitrogens with one attached hydrogen (secondary N) is 1. The van der Waals surface area contributed by atoms with Crippen molar-refractivity contribution < 1.29 is 5.11 Å². The highest BCUT2D eigenvalue weighted by Crippen LogP contribution is 2.46. The van der Waals surface area contributed by atoms with Crippen LogP contribution in [0.3, 0.4) is 0 Å². The molecule has 2 atom stereocenters. The summed E-state index contributed by atoms with van der Waals surface area (Å²) in [5, 5.41) is 38.0. The lowest BCUT2D eigenvalue weighted by Crippen LogP contribution is -2.53. The van der Waals surface area contributed by atoms with Crippen molar-refractivity contribution in [2.75, 3.05) is 0 Å². The molecular weight excluding hydrogens is 322 g/mol. The topological polar surface area (TPSA) is 91.7 Å². The molecule has 1 aliphatic carbocycles. The Morgan fingerprint density at radius 3 is 2.42 bits per heavy atom. The van der Waals surface area contributed by atoms with Crippen LogP contribution in [0.4, 0.5) is 0 Å². The van der Waals surface area contributed by atoms with Crippen LogP contribution in [-0.2, 0) is 0 Å². The quantitative estimate of drug-likeness (QED) is 0.506. The van der Waals surface area contributed by atoms with Crippen molar-refractivity contribution in [2.24, 2.45) is 11.3 Å². The number of allylic oxidation sites excluding steroid dienone is 5. The second-order valence-corrected chi connectivity index (χ2v) is 8.34. The van der Waals surface area contributed by atoms with E-state index in [4.69, 9.17) is 5.41 Å². The maximum atomic E-state index is 10.9. The summed E-state index contributed by atoms with van der Waals surface area (Å²) in [5.41, 5.74) is 0.970. The van der Waals surface area contributed by atoms with Gasteiger partial charge in [-0.15, -0.1) is 0 Å². The molecule has 0 heterocycles. The summed E-state index contributed by atoms with van der Waals surface area (Å²) in [6.45, 7) is 12.2. The summed E-state index contributed by atoms with van der Waals surface area (Å²) >= 11 is 0. The Labute approximate surface area is 158 Å². The first kappa shape index (κ1) is 21.9. The Kier molecular flexibility index (Phi) is 7.13. The third kappa shape index (κ3) is 4.71. The van der Waals surface area contributed by atoms with E-state index in [0.29, 0.717) is 12.8 Å². The molecule has 2 unspecified atom stereocenters. The van der Waals surface area contributed by atoms with Gasteiger partial charge in [-0.1, -0.05) is 42.7 Å². The first-order valence-corrected chi connectivity index (χ1v) is 9.11. The summed E-state index contributed by atoms with van der Waals surface area (Å²) in [4.78, 5) is 0. The van der Waals surface area contributed by atoms with Gasteiger partial charge in [0.25, 0.3) is 0 Å². The largest absolute Gasteiger partial charge is 0.370 e. The molecule has 26 heavy (non-hydrogen) atoms. The number of nitriles is 2. The first-order chi connectivity index (χ1) is 12.0. The number of rotatable bonds is 6. The van der Waals surface area contributed by atoms with Crippen molar-refractivity contribution >= 4 is 5.71 Å². The molecule has 0 spiro atoms. The minimum atomic E-state index is -1.92. The summed E-state index contributed by atoms with van der Waals surface area (Å²) in [6, 6.07) is 3.90. The molecule has 140 valence electrons. The van der Waals surface area contributed by atoms with Gasteiger partial charge in [0.05, 0.1) is 11.3 Å². The van der Waals surface area contributed by atoms with E-state index in [1.807, 2.05) is 32.9 Å². The van der Waals surface area contributed by atoms with Gasteiger partial charge in [-0.25, -0.2) is 0 Å². The van der Waals surface area contributed by atoms with Gasteiger partial charge in [0.15, 0.2) is 5.60 Å².